The standard InChI is InChI=1S/C7H16N2S2/c8-5-3-1-2-4-6-9-7(10)11/h1-6,8H2,(H2,9,10,11). The summed E-state index contributed by atoms with van der Waals surface area (Å²) in [5, 5.41) is 2.99. The molecule has 0 heterocycles. The molecule has 0 unspecified atom stereocenters. The summed E-state index contributed by atoms with van der Waals surface area (Å²) in [5.74, 6) is 0. The summed E-state index contributed by atoms with van der Waals surface area (Å²) >= 11 is 8.67. The van der Waals surface area contributed by atoms with Gasteiger partial charge in [-0.25, -0.2) is 0 Å². The number of rotatable bonds is 6. The van der Waals surface area contributed by atoms with Gasteiger partial charge in [0.2, 0.25) is 0 Å². The van der Waals surface area contributed by atoms with Crippen LogP contribution in [0.15, 0.2) is 0 Å². The molecule has 0 aromatic heterocycles. The van der Waals surface area contributed by atoms with Crippen LogP contribution in [0.2, 0.25) is 0 Å². The minimum absolute atomic E-state index is 0.587. The Labute approximate surface area is 79.3 Å². The average Bonchev–Trinajstić information content (AvgIpc) is 1.96. The fourth-order valence-corrected chi connectivity index (χ4v) is 1.03. The smallest absolute Gasteiger partial charge is 0.130 e. The first-order chi connectivity index (χ1) is 5.27. The molecule has 4 heteroatoms. The van der Waals surface area contributed by atoms with Crippen molar-refractivity contribution in [3.8, 4) is 0 Å². The lowest BCUT2D eigenvalue weighted by Crippen LogP contribution is -2.17. The second-order valence-electron chi connectivity index (χ2n) is 2.43. The molecule has 0 spiro atoms. The quantitative estimate of drug-likeness (QED) is 0.337. The van der Waals surface area contributed by atoms with E-state index in [1.54, 1.807) is 0 Å². The summed E-state index contributed by atoms with van der Waals surface area (Å²) in [6.45, 7) is 1.74. The van der Waals surface area contributed by atoms with Gasteiger partial charge >= 0.3 is 0 Å². The summed E-state index contributed by atoms with van der Waals surface area (Å²) in [4.78, 5) is 0. The maximum atomic E-state index is 5.34. The van der Waals surface area contributed by atoms with E-state index in [0.29, 0.717) is 4.32 Å². The van der Waals surface area contributed by atoms with Crippen LogP contribution in [-0.4, -0.2) is 17.4 Å². The lowest BCUT2D eigenvalue weighted by molar-refractivity contribution is 0.639. The van der Waals surface area contributed by atoms with Crippen LogP contribution in [0.3, 0.4) is 0 Å². The molecule has 0 aliphatic carbocycles. The summed E-state index contributed by atoms with van der Waals surface area (Å²) in [6, 6.07) is 0. The van der Waals surface area contributed by atoms with Gasteiger partial charge in [-0.05, 0) is 19.4 Å². The Morgan fingerprint density at radius 2 is 1.91 bits per heavy atom. The molecule has 0 aromatic rings. The second-order valence-corrected chi connectivity index (χ2v) is 3.59. The predicted octanol–water partition coefficient (Wildman–Crippen LogP) is 1.31. The van der Waals surface area contributed by atoms with Crippen LogP contribution in [0.1, 0.15) is 25.7 Å². The number of nitrogens with one attached hydrogen (secondary N) is 1. The molecule has 0 saturated carbocycles. The van der Waals surface area contributed by atoms with Gasteiger partial charge in [0.15, 0.2) is 0 Å². The number of thiol groups is 1. The Morgan fingerprint density at radius 3 is 2.45 bits per heavy atom. The van der Waals surface area contributed by atoms with Crippen LogP contribution >= 0.6 is 24.8 Å². The van der Waals surface area contributed by atoms with Gasteiger partial charge < -0.3 is 11.1 Å². The molecule has 0 atom stereocenters. The van der Waals surface area contributed by atoms with Gasteiger partial charge in [0, 0.05) is 6.54 Å². The molecular weight excluding hydrogens is 176 g/mol. The van der Waals surface area contributed by atoms with Crippen molar-refractivity contribution in [3.63, 3.8) is 0 Å². The highest BCUT2D eigenvalue weighted by atomic mass is 32.1. The molecule has 0 bridgehead atoms. The Hall–Kier alpha value is 0.200. The van der Waals surface area contributed by atoms with Crippen molar-refractivity contribution in [2.75, 3.05) is 13.1 Å². The second kappa shape index (κ2) is 8.30. The highest BCUT2D eigenvalue weighted by Gasteiger charge is 1.89. The maximum absolute atomic E-state index is 5.34. The molecular formula is C7H16N2S2. The third-order valence-corrected chi connectivity index (χ3v) is 1.71. The Morgan fingerprint density at radius 1 is 1.27 bits per heavy atom. The van der Waals surface area contributed by atoms with E-state index < -0.39 is 0 Å². The minimum Gasteiger partial charge on any atom is -0.371 e. The molecule has 0 rings (SSSR count). The zero-order valence-corrected chi connectivity index (χ0v) is 8.39. The number of hydrogen-bond acceptors (Lipinski definition) is 2. The molecule has 0 aromatic carbocycles. The van der Waals surface area contributed by atoms with Crippen LogP contribution in [0, 0.1) is 0 Å². The monoisotopic (exact) mass is 192 g/mol. The Balaban J connectivity index is 2.85. The SMILES string of the molecule is NCCCCCCNC(=S)S. The molecule has 2 nitrogen and oxygen atoms in total. The third-order valence-electron chi connectivity index (χ3n) is 1.41. The Kier molecular flexibility index (Phi) is 8.45. The van der Waals surface area contributed by atoms with E-state index in [-0.39, 0.29) is 0 Å². The van der Waals surface area contributed by atoms with Gasteiger partial charge in [-0.3, -0.25) is 0 Å². The fourth-order valence-electron chi connectivity index (χ4n) is 0.818. The molecule has 0 radical (unpaired) electrons. The highest BCUT2D eigenvalue weighted by Crippen LogP contribution is 1.96. The van der Waals surface area contributed by atoms with E-state index >= 15 is 0 Å². The summed E-state index contributed by atoms with van der Waals surface area (Å²) < 4.78 is 0.587. The predicted molar refractivity (Wildman–Crippen MR) is 57.1 cm³/mol. The van der Waals surface area contributed by atoms with E-state index in [4.69, 9.17) is 18.0 Å². The van der Waals surface area contributed by atoms with E-state index in [1.807, 2.05) is 0 Å². The van der Waals surface area contributed by atoms with Gasteiger partial charge in [0.1, 0.15) is 4.32 Å². The summed E-state index contributed by atoms with van der Waals surface area (Å²) in [7, 11) is 0. The molecule has 0 aliphatic rings. The van der Waals surface area contributed by atoms with Crippen molar-refractivity contribution in [1.29, 1.82) is 0 Å². The molecule has 0 saturated heterocycles. The van der Waals surface area contributed by atoms with Gasteiger partial charge in [0.25, 0.3) is 0 Å². The normalized spacial score (nSPS) is 9.64. The molecule has 66 valence electrons. The first-order valence-corrected chi connectivity index (χ1v) is 4.79. The average molecular weight is 192 g/mol. The minimum atomic E-state index is 0.587. The van der Waals surface area contributed by atoms with Crippen LogP contribution < -0.4 is 11.1 Å². The van der Waals surface area contributed by atoms with Gasteiger partial charge in [-0.1, -0.05) is 25.1 Å². The van der Waals surface area contributed by atoms with Gasteiger partial charge in [-0.2, -0.15) is 0 Å². The summed E-state index contributed by atoms with van der Waals surface area (Å²) in [5.41, 5.74) is 5.34. The number of thiocarbonyl (C=S) groups is 1. The van der Waals surface area contributed by atoms with Crippen molar-refractivity contribution in [2.24, 2.45) is 5.73 Å². The largest absolute Gasteiger partial charge is 0.371 e. The maximum Gasteiger partial charge on any atom is 0.130 e. The fraction of sp³-hybridized carbons (Fsp3) is 0.857. The first kappa shape index (κ1) is 11.2. The van der Waals surface area contributed by atoms with Crippen molar-refractivity contribution < 1.29 is 0 Å². The Bertz CT molecular complexity index is 107. The van der Waals surface area contributed by atoms with E-state index in [2.05, 4.69) is 17.9 Å². The number of unbranched alkanes of at least 4 members (excludes halogenated alkanes) is 3. The lowest BCUT2D eigenvalue weighted by atomic mass is 10.2. The van der Waals surface area contributed by atoms with Crippen LogP contribution in [0.25, 0.3) is 0 Å². The zero-order chi connectivity index (χ0) is 8.53. The van der Waals surface area contributed by atoms with Crippen molar-refractivity contribution in [2.45, 2.75) is 25.7 Å². The van der Waals surface area contributed by atoms with Crippen LogP contribution in [-0.2, 0) is 0 Å². The molecule has 0 fully saturated rings. The van der Waals surface area contributed by atoms with Crippen molar-refractivity contribution in [3.05, 3.63) is 0 Å². The topological polar surface area (TPSA) is 38.0 Å². The zero-order valence-electron chi connectivity index (χ0n) is 6.68. The molecule has 11 heavy (non-hydrogen) atoms. The van der Waals surface area contributed by atoms with Gasteiger partial charge in [-0.15, -0.1) is 12.6 Å². The molecule has 0 amide bonds. The summed E-state index contributed by atoms with van der Waals surface area (Å²) in [6.07, 6.45) is 4.73. The molecule has 3 N–H and O–H groups in total. The van der Waals surface area contributed by atoms with Crippen molar-refractivity contribution in [1.82, 2.24) is 5.32 Å². The molecule has 0 aliphatic heterocycles. The number of nitrogens with two attached hydrogens (primary N) is 1. The lowest BCUT2D eigenvalue weighted by Gasteiger charge is -2.01. The van der Waals surface area contributed by atoms with Gasteiger partial charge in [0.05, 0.1) is 0 Å². The van der Waals surface area contributed by atoms with E-state index in [9.17, 15) is 0 Å². The van der Waals surface area contributed by atoms with Crippen molar-refractivity contribution >= 4 is 29.2 Å². The number of hydrogen-bond donors (Lipinski definition) is 3. The van der Waals surface area contributed by atoms with Crippen LogP contribution in [0.4, 0.5) is 0 Å². The first-order valence-electron chi connectivity index (χ1n) is 3.94. The van der Waals surface area contributed by atoms with E-state index in [1.165, 1.54) is 12.8 Å². The van der Waals surface area contributed by atoms with Crippen LogP contribution in [0.5, 0.6) is 0 Å². The highest BCUT2D eigenvalue weighted by molar-refractivity contribution is 8.11. The third kappa shape index (κ3) is 10.2. The van der Waals surface area contributed by atoms with E-state index in [0.717, 1.165) is 25.9 Å².